The summed E-state index contributed by atoms with van der Waals surface area (Å²) in [5.41, 5.74) is 1.68. The first-order valence-electron chi connectivity index (χ1n) is 10.4. The third-order valence-corrected chi connectivity index (χ3v) is 5.42. The van der Waals surface area contributed by atoms with Gasteiger partial charge in [-0.2, -0.15) is 0 Å². The van der Waals surface area contributed by atoms with E-state index >= 15 is 0 Å². The lowest BCUT2D eigenvalue weighted by molar-refractivity contribution is -0.133. The second-order valence-corrected chi connectivity index (χ2v) is 7.67. The molecule has 1 aliphatic rings. The lowest BCUT2D eigenvalue weighted by Gasteiger charge is -2.28. The van der Waals surface area contributed by atoms with Crippen LogP contribution < -0.4 is 4.74 Å². The maximum absolute atomic E-state index is 13.2. The molecule has 2 amide bonds. The summed E-state index contributed by atoms with van der Waals surface area (Å²) in [5.74, 6) is 0.621. The second-order valence-electron chi connectivity index (χ2n) is 7.67. The molecule has 0 spiro atoms. The summed E-state index contributed by atoms with van der Waals surface area (Å²) in [5, 5.41) is 0. The van der Waals surface area contributed by atoms with E-state index in [2.05, 4.69) is 6.92 Å². The van der Waals surface area contributed by atoms with Crippen molar-refractivity contribution in [3.05, 3.63) is 53.9 Å². The van der Waals surface area contributed by atoms with E-state index in [-0.39, 0.29) is 18.4 Å². The molecule has 0 bridgehead atoms. The Hall–Kier alpha value is -2.76. The first-order chi connectivity index (χ1) is 14.0. The van der Waals surface area contributed by atoms with E-state index in [1.165, 1.54) is 0 Å². The van der Waals surface area contributed by atoms with Gasteiger partial charge in [0.2, 0.25) is 5.91 Å². The molecule has 0 radical (unpaired) electrons. The Morgan fingerprint density at radius 3 is 2.45 bits per heavy atom. The zero-order valence-electron chi connectivity index (χ0n) is 17.6. The van der Waals surface area contributed by atoms with E-state index in [1.54, 1.807) is 36.3 Å². The van der Waals surface area contributed by atoms with Gasteiger partial charge in [-0.25, -0.2) is 0 Å². The number of hydrogen-bond acceptors (Lipinski definition) is 3. The van der Waals surface area contributed by atoms with Crippen LogP contribution >= 0.6 is 0 Å². The smallest absolute Gasteiger partial charge is 0.254 e. The Morgan fingerprint density at radius 2 is 1.90 bits per heavy atom. The molecule has 0 atom stereocenters. The molecule has 0 saturated heterocycles. The van der Waals surface area contributed by atoms with Crippen molar-refractivity contribution >= 4 is 11.8 Å². The second kappa shape index (κ2) is 9.63. The molecule has 1 saturated carbocycles. The molecule has 156 valence electrons. The molecule has 0 N–H and O–H groups in total. The number of methoxy groups -OCH3 is 1. The molecule has 1 heterocycles. The largest absolute Gasteiger partial charge is 0.497 e. The molecule has 0 aliphatic heterocycles. The van der Waals surface area contributed by atoms with Gasteiger partial charge in [-0.3, -0.25) is 9.59 Å². The molecule has 1 aliphatic carbocycles. The molecule has 6 nitrogen and oxygen atoms in total. The summed E-state index contributed by atoms with van der Waals surface area (Å²) >= 11 is 0. The molecule has 29 heavy (non-hydrogen) atoms. The Kier molecular flexibility index (Phi) is 6.96. The minimum Gasteiger partial charge on any atom is -0.497 e. The number of hydrogen-bond donors (Lipinski definition) is 0. The van der Waals surface area contributed by atoms with Crippen molar-refractivity contribution in [2.24, 2.45) is 7.05 Å². The molecular weight excluding hydrogens is 366 g/mol. The molecule has 0 unspecified atom stereocenters. The number of benzene rings is 1. The van der Waals surface area contributed by atoms with Gasteiger partial charge >= 0.3 is 0 Å². The van der Waals surface area contributed by atoms with Crippen molar-refractivity contribution < 1.29 is 14.3 Å². The highest BCUT2D eigenvalue weighted by molar-refractivity contribution is 5.96. The Balaban J connectivity index is 1.72. The third-order valence-electron chi connectivity index (χ3n) is 5.42. The van der Waals surface area contributed by atoms with Crippen molar-refractivity contribution in [1.82, 2.24) is 14.4 Å². The Morgan fingerprint density at radius 1 is 1.17 bits per heavy atom. The summed E-state index contributed by atoms with van der Waals surface area (Å²) in [6.07, 6.45) is 5.91. The maximum Gasteiger partial charge on any atom is 0.254 e. The van der Waals surface area contributed by atoms with Crippen LogP contribution in [0, 0.1) is 0 Å². The lowest BCUT2D eigenvalue weighted by Crippen LogP contribution is -2.44. The number of aromatic nitrogens is 1. The fraction of sp³-hybridized carbons (Fsp3) is 0.478. The van der Waals surface area contributed by atoms with Gasteiger partial charge in [0, 0.05) is 37.1 Å². The summed E-state index contributed by atoms with van der Waals surface area (Å²) in [6.45, 7) is 3.37. The number of ether oxygens (including phenoxy) is 1. The fourth-order valence-electron chi connectivity index (χ4n) is 3.41. The highest BCUT2D eigenvalue weighted by Crippen LogP contribution is 2.28. The van der Waals surface area contributed by atoms with Gasteiger partial charge in [0.15, 0.2) is 0 Å². The van der Waals surface area contributed by atoms with E-state index in [0.717, 1.165) is 31.4 Å². The zero-order chi connectivity index (χ0) is 20.8. The van der Waals surface area contributed by atoms with Crippen molar-refractivity contribution in [2.45, 2.75) is 45.2 Å². The quantitative estimate of drug-likeness (QED) is 0.617. The van der Waals surface area contributed by atoms with Gasteiger partial charge < -0.3 is 19.1 Å². The van der Waals surface area contributed by atoms with Crippen molar-refractivity contribution in [3.63, 3.8) is 0 Å². The first-order valence-corrected chi connectivity index (χ1v) is 10.4. The summed E-state index contributed by atoms with van der Waals surface area (Å²) in [4.78, 5) is 29.9. The van der Waals surface area contributed by atoms with Crippen molar-refractivity contribution in [2.75, 3.05) is 20.2 Å². The third kappa shape index (κ3) is 5.40. The predicted octanol–water partition coefficient (Wildman–Crippen LogP) is 3.47. The summed E-state index contributed by atoms with van der Waals surface area (Å²) in [7, 11) is 3.59. The summed E-state index contributed by atoms with van der Waals surface area (Å²) < 4.78 is 7.22. The molecular formula is C23H31N3O3. The first kappa shape index (κ1) is 21.0. The molecule has 1 fully saturated rings. The molecule has 1 aromatic carbocycles. The molecule has 6 heteroatoms. The number of rotatable bonds is 10. The van der Waals surface area contributed by atoms with E-state index in [0.29, 0.717) is 30.4 Å². The van der Waals surface area contributed by atoms with E-state index in [1.807, 2.05) is 34.8 Å². The summed E-state index contributed by atoms with van der Waals surface area (Å²) in [6, 6.07) is 11.4. The number of nitrogens with zero attached hydrogens (tertiary/aromatic N) is 3. The minimum atomic E-state index is -0.107. The normalized spacial score (nSPS) is 13.2. The topological polar surface area (TPSA) is 54.8 Å². The number of aryl methyl sites for hydroxylation is 1. The van der Waals surface area contributed by atoms with E-state index in [9.17, 15) is 9.59 Å². The van der Waals surface area contributed by atoms with Crippen molar-refractivity contribution in [1.29, 1.82) is 0 Å². The van der Waals surface area contributed by atoms with Crippen LogP contribution in [0.25, 0.3) is 0 Å². The van der Waals surface area contributed by atoms with Crippen LogP contribution in [0.3, 0.4) is 0 Å². The predicted molar refractivity (Wildman–Crippen MR) is 113 cm³/mol. The van der Waals surface area contributed by atoms with Crippen molar-refractivity contribution in [3.8, 4) is 5.75 Å². The Labute approximate surface area is 173 Å². The van der Waals surface area contributed by atoms with Crippen LogP contribution in [-0.2, 0) is 18.4 Å². The average Bonchev–Trinajstić information content (AvgIpc) is 3.50. The SMILES string of the molecule is CCCCN(CC(=O)N(Cc1cccn1C)C1CC1)C(=O)c1ccc(OC)cc1. The Bertz CT molecular complexity index is 824. The highest BCUT2D eigenvalue weighted by Gasteiger charge is 2.34. The lowest BCUT2D eigenvalue weighted by atomic mass is 10.1. The molecule has 1 aromatic heterocycles. The number of unbranched alkanes of at least 4 members (excludes halogenated alkanes) is 1. The monoisotopic (exact) mass is 397 g/mol. The van der Waals surface area contributed by atoms with Gasteiger partial charge in [0.25, 0.3) is 5.91 Å². The number of amides is 2. The van der Waals surface area contributed by atoms with Crippen LogP contribution in [0.2, 0.25) is 0 Å². The average molecular weight is 398 g/mol. The maximum atomic E-state index is 13.2. The highest BCUT2D eigenvalue weighted by atomic mass is 16.5. The molecule has 2 aromatic rings. The van der Waals surface area contributed by atoms with Gasteiger partial charge in [-0.1, -0.05) is 13.3 Å². The van der Waals surface area contributed by atoms with Crippen LogP contribution in [0.1, 0.15) is 48.7 Å². The van der Waals surface area contributed by atoms with Crippen LogP contribution in [0.4, 0.5) is 0 Å². The van der Waals surface area contributed by atoms with Gasteiger partial charge in [-0.05, 0) is 55.7 Å². The number of carbonyl (C=O) groups is 2. The minimum absolute atomic E-state index is 0.0201. The van der Waals surface area contributed by atoms with E-state index < -0.39 is 0 Å². The van der Waals surface area contributed by atoms with Gasteiger partial charge in [0.05, 0.1) is 13.7 Å². The zero-order valence-corrected chi connectivity index (χ0v) is 17.6. The van der Waals surface area contributed by atoms with Gasteiger partial charge in [-0.15, -0.1) is 0 Å². The number of carbonyl (C=O) groups excluding carboxylic acids is 2. The molecule has 3 rings (SSSR count). The van der Waals surface area contributed by atoms with Crippen LogP contribution in [0.15, 0.2) is 42.6 Å². The van der Waals surface area contributed by atoms with E-state index in [4.69, 9.17) is 4.74 Å². The standard InChI is InChI=1S/C23H31N3O3/c1-4-5-15-25(23(28)18-8-12-21(29-3)13-9-18)17-22(27)26(19-10-11-19)16-20-7-6-14-24(20)2/h6-9,12-14,19H,4-5,10-11,15-17H2,1-3H3. The van der Waals surface area contributed by atoms with Crippen LogP contribution in [-0.4, -0.2) is 52.4 Å². The fourth-order valence-corrected chi connectivity index (χ4v) is 3.41. The van der Waals surface area contributed by atoms with Crippen LogP contribution in [0.5, 0.6) is 5.75 Å². The van der Waals surface area contributed by atoms with Gasteiger partial charge in [0.1, 0.15) is 12.3 Å².